The molecule has 2 rings (SSSR count). The lowest BCUT2D eigenvalue weighted by atomic mass is 9.77. The van der Waals surface area contributed by atoms with E-state index in [2.05, 4.69) is 10.9 Å². The third-order valence-electron chi connectivity index (χ3n) is 2.74. The summed E-state index contributed by atoms with van der Waals surface area (Å²) in [4.78, 5) is 0. The predicted molar refractivity (Wildman–Crippen MR) is 72.0 cm³/mol. The van der Waals surface area contributed by atoms with Gasteiger partial charge in [0.15, 0.2) is 0 Å². The van der Waals surface area contributed by atoms with Crippen LogP contribution in [0.4, 0.5) is 23.0 Å². The SMILES string of the molecule is Fc1ccc([B-](F)(F)F)c(CNNc2ccccc2)c1. The fraction of sp³-hybridized carbons (Fsp3) is 0.0769. The van der Waals surface area contributed by atoms with Crippen LogP contribution in [0.3, 0.4) is 0 Å². The summed E-state index contributed by atoms with van der Waals surface area (Å²) in [5.41, 5.74) is 5.21. The molecule has 0 spiro atoms. The number of anilines is 1. The number of halogens is 4. The first-order valence-electron chi connectivity index (χ1n) is 5.99. The summed E-state index contributed by atoms with van der Waals surface area (Å²) in [6.07, 6.45) is 0. The number of hydrogen-bond donors (Lipinski definition) is 2. The molecule has 2 aromatic rings. The molecule has 0 aromatic heterocycles. The number of nitrogens with one attached hydrogen (secondary N) is 2. The van der Waals surface area contributed by atoms with Crippen LogP contribution in [0.15, 0.2) is 48.5 Å². The Balaban J connectivity index is 2.07. The zero-order valence-corrected chi connectivity index (χ0v) is 10.4. The average Bonchev–Trinajstić information content (AvgIpc) is 2.38. The van der Waals surface area contributed by atoms with Gasteiger partial charge in [-0.05, 0) is 24.3 Å². The van der Waals surface area contributed by atoms with Gasteiger partial charge in [0.1, 0.15) is 5.82 Å². The summed E-state index contributed by atoms with van der Waals surface area (Å²) in [6, 6.07) is 11.4. The van der Waals surface area contributed by atoms with Gasteiger partial charge in [-0.15, -0.1) is 5.46 Å². The highest BCUT2D eigenvalue weighted by atomic mass is 19.4. The number of hydrazine groups is 1. The van der Waals surface area contributed by atoms with Gasteiger partial charge in [-0.1, -0.05) is 29.8 Å². The van der Waals surface area contributed by atoms with E-state index >= 15 is 0 Å². The molecule has 7 heteroatoms. The highest BCUT2D eigenvalue weighted by Gasteiger charge is 2.28. The standard InChI is InChI=1S/C13H12BF4N2/c15-11-6-7-13(14(16,17)18)10(8-11)9-19-20-12-4-2-1-3-5-12/h1-8,19-20H,9H2/q-1. The molecule has 0 amide bonds. The molecule has 2 aromatic carbocycles. The van der Waals surface area contributed by atoms with Crippen LogP contribution in [0.5, 0.6) is 0 Å². The summed E-state index contributed by atoms with van der Waals surface area (Å²) < 4.78 is 51.5. The Labute approximate surface area is 113 Å². The van der Waals surface area contributed by atoms with E-state index in [-0.39, 0.29) is 12.1 Å². The zero-order chi connectivity index (χ0) is 14.6. The number of rotatable bonds is 5. The van der Waals surface area contributed by atoms with Crippen LogP contribution in [-0.4, -0.2) is 6.98 Å². The summed E-state index contributed by atoms with van der Waals surface area (Å²) in [5, 5.41) is 0. The maximum atomic E-state index is 13.1. The Morgan fingerprint density at radius 2 is 1.65 bits per heavy atom. The highest BCUT2D eigenvalue weighted by Crippen LogP contribution is 2.13. The van der Waals surface area contributed by atoms with Crippen molar-refractivity contribution in [1.29, 1.82) is 0 Å². The van der Waals surface area contributed by atoms with Crippen molar-refractivity contribution in [2.24, 2.45) is 0 Å². The third kappa shape index (κ3) is 3.74. The lowest BCUT2D eigenvalue weighted by Crippen LogP contribution is -2.39. The lowest BCUT2D eigenvalue weighted by Gasteiger charge is -2.20. The molecule has 2 nitrogen and oxygen atoms in total. The fourth-order valence-corrected chi connectivity index (χ4v) is 1.81. The minimum absolute atomic E-state index is 0.124. The van der Waals surface area contributed by atoms with Crippen LogP contribution < -0.4 is 16.3 Å². The van der Waals surface area contributed by atoms with Gasteiger partial charge in [-0.3, -0.25) is 0 Å². The maximum Gasteiger partial charge on any atom is 0.509 e. The molecule has 0 atom stereocenters. The van der Waals surface area contributed by atoms with Gasteiger partial charge in [0.05, 0.1) is 0 Å². The van der Waals surface area contributed by atoms with E-state index in [1.54, 1.807) is 24.3 Å². The van der Waals surface area contributed by atoms with Crippen molar-refractivity contribution < 1.29 is 17.3 Å². The van der Waals surface area contributed by atoms with E-state index in [0.29, 0.717) is 5.69 Å². The molecule has 0 aliphatic carbocycles. The molecule has 106 valence electrons. The predicted octanol–water partition coefficient (Wildman–Crippen LogP) is 3.00. The quantitative estimate of drug-likeness (QED) is 0.501. The first-order chi connectivity index (χ1) is 9.47. The van der Waals surface area contributed by atoms with Crippen LogP contribution in [0.2, 0.25) is 0 Å². The van der Waals surface area contributed by atoms with Crippen molar-refractivity contribution in [3.8, 4) is 0 Å². The van der Waals surface area contributed by atoms with E-state index in [1.807, 2.05) is 6.07 Å². The lowest BCUT2D eigenvalue weighted by molar-refractivity contribution is 0.499. The molecule has 0 fully saturated rings. The minimum Gasteiger partial charge on any atom is -0.445 e. The molecule has 2 N–H and O–H groups in total. The van der Waals surface area contributed by atoms with Crippen LogP contribution in [0.25, 0.3) is 0 Å². The second-order valence-electron chi connectivity index (χ2n) is 4.26. The van der Waals surface area contributed by atoms with Crippen LogP contribution in [0, 0.1) is 5.82 Å². The molecule has 0 aliphatic heterocycles. The smallest absolute Gasteiger partial charge is 0.445 e. The molecule has 0 unspecified atom stereocenters. The number of para-hydroxylation sites is 1. The first-order valence-corrected chi connectivity index (χ1v) is 5.99. The van der Waals surface area contributed by atoms with Crippen molar-refractivity contribution in [3.63, 3.8) is 0 Å². The first kappa shape index (κ1) is 14.4. The van der Waals surface area contributed by atoms with Gasteiger partial charge in [0, 0.05) is 12.2 Å². The fourth-order valence-electron chi connectivity index (χ4n) is 1.81. The number of hydrogen-bond acceptors (Lipinski definition) is 2. The molecule has 0 radical (unpaired) electrons. The van der Waals surface area contributed by atoms with E-state index in [9.17, 15) is 17.3 Å². The minimum atomic E-state index is -5.16. The maximum absolute atomic E-state index is 13.1. The Bertz CT molecular complexity index is 572. The topological polar surface area (TPSA) is 24.1 Å². The van der Waals surface area contributed by atoms with Gasteiger partial charge < -0.3 is 18.4 Å². The van der Waals surface area contributed by atoms with Crippen LogP contribution in [-0.2, 0) is 6.54 Å². The second-order valence-corrected chi connectivity index (χ2v) is 4.26. The molecule has 0 saturated carbocycles. The number of benzene rings is 2. The molecule has 0 heterocycles. The Kier molecular flexibility index (Phi) is 4.29. The molecule has 0 bridgehead atoms. The van der Waals surface area contributed by atoms with Gasteiger partial charge in [-0.25, -0.2) is 9.82 Å². The highest BCUT2D eigenvalue weighted by molar-refractivity contribution is 6.74. The monoisotopic (exact) mass is 283 g/mol. The summed E-state index contributed by atoms with van der Waals surface area (Å²) in [7, 11) is 0. The van der Waals surface area contributed by atoms with Crippen LogP contribution in [0.1, 0.15) is 5.56 Å². The summed E-state index contributed by atoms with van der Waals surface area (Å²) in [6.45, 7) is -5.30. The van der Waals surface area contributed by atoms with Gasteiger partial charge >= 0.3 is 6.98 Å². The van der Waals surface area contributed by atoms with E-state index < -0.39 is 18.3 Å². The third-order valence-corrected chi connectivity index (χ3v) is 2.74. The Morgan fingerprint density at radius 3 is 2.30 bits per heavy atom. The molecule has 0 saturated heterocycles. The van der Waals surface area contributed by atoms with Crippen LogP contribution >= 0.6 is 0 Å². The van der Waals surface area contributed by atoms with Crippen molar-refractivity contribution in [1.82, 2.24) is 5.43 Å². The largest absolute Gasteiger partial charge is 0.509 e. The summed E-state index contributed by atoms with van der Waals surface area (Å²) >= 11 is 0. The van der Waals surface area contributed by atoms with Crippen molar-refractivity contribution in [2.45, 2.75) is 6.54 Å². The Hall–Kier alpha value is -2.02. The molecule has 0 aliphatic rings. The molecular formula is C13H12BF4N2-. The second kappa shape index (κ2) is 5.96. The van der Waals surface area contributed by atoms with Crippen molar-refractivity contribution in [3.05, 3.63) is 59.9 Å². The Morgan fingerprint density at radius 1 is 0.950 bits per heavy atom. The van der Waals surface area contributed by atoms with Gasteiger partial charge in [0.2, 0.25) is 0 Å². The average molecular weight is 283 g/mol. The van der Waals surface area contributed by atoms with Gasteiger partial charge in [-0.2, -0.15) is 0 Å². The van der Waals surface area contributed by atoms with E-state index in [0.717, 1.165) is 18.2 Å². The molecule has 20 heavy (non-hydrogen) atoms. The van der Waals surface area contributed by atoms with E-state index in [1.165, 1.54) is 0 Å². The molecular weight excluding hydrogens is 271 g/mol. The summed E-state index contributed by atoms with van der Waals surface area (Å²) in [5.74, 6) is -0.690. The van der Waals surface area contributed by atoms with Gasteiger partial charge in [0.25, 0.3) is 0 Å². The van der Waals surface area contributed by atoms with Crippen molar-refractivity contribution >= 4 is 18.1 Å². The van der Waals surface area contributed by atoms with Crippen molar-refractivity contribution in [2.75, 3.05) is 5.43 Å². The van der Waals surface area contributed by atoms with E-state index in [4.69, 9.17) is 0 Å². The zero-order valence-electron chi connectivity index (χ0n) is 10.4. The normalized spacial score (nSPS) is 11.4.